The van der Waals surface area contributed by atoms with E-state index in [0.29, 0.717) is 0 Å². The highest BCUT2D eigenvalue weighted by Gasteiger charge is 2.34. The first kappa shape index (κ1) is 14.8. The summed E-state index contributed by atoms with van der Waals surface area (Å²) in [7, 11) is 0. The fraction of sp³-hybridized carbons (Fsp3) is 0.294. The van der Waals surface area contributed by atoms with Gasteiger partial charge in [0.25, 0.3) is 5.56 Å². The number of rotatable bonds is 2. The van der Waals surface area contributed by atoms with Gasteiger partial charge >= 0.3 is 5.69 Å². The largest absolute Gasteiger partial charge is 0.494 e. The van der Waals surface area contributed by atoms with Crippen LogP contribution in [0.3, 0.4) is 0 Å². The number of hydrogen-bond donors (Lipinski definition) is 4. The Morgan fingerprint density at radius 3 is 2.75 bits per heavy atom. The molecule has 7 nitrogen and oxygen atoms in total. The molecule has 0 spiro atoms. The molecule has 24 heavy (non-hydrogen) atoms. The molecule has 4 N–H and O–H groups in total. The van der Waals surface area contributed by atoms with Crippen LogP contribution in [-0.2, 0) is 6.42 Å². The lowest BCUT2D eigenvalue weighted by molar-refractivity contribution is 0.216. The zero-order valence-electron chi connectivity index (χ0n) is 13.2. The van der Waals surface area contributed by atoms with Gasteiger partial charge in [0.15, 0.2) is 0 Å². The second-order valence-corrected chi connectivity index (χ2v) is 6.01. The summed E-state index contributed by atoms with van der Waals surface area (Å²) < 4.78 is 0. The van der Waals surface area contributed by atoms with E-state index in [0.717, 1.165) is 41.7 Å². The molecule has 1 aliphatic rings. The van der Waals surface area contributed by atoms with Gasteiger partial charge in [-0.15, -0.1) is 0 Å². The molecule has 0 unspecified atom stereocenters. The molecular formula is C17H18N4O3. The van der Waals surface area contributed by atoms with Crippen LogP contribution in [0.15, 0.2) is 33.9 Å². The van der Waals surface area contributed by atoms with Gasteiger partial charge in [0.1, 0.15) is 5.56 Å². The Morgan fingerprint density at radius 2 is 2.00 bits per heavy atom. The summed E-state index contributed by atoms with van der Waals surface area (Å²) in [5.74, 6) is -0.376. The van der Waals surface area contributed by atoms with Gasteiger partial charge in [-0.2, -0.15) is 0 Å². The van der Waals surface area contributed by atoms with Gasteiger partial charge < -0.3 is 10.1 Å². The molecule has 3 heterocycles. The van der Waals surface area contributed by atoms with Crippen LogP contribution >= 0.6 is 0 Å². The molecular weight excluding hydrogens is 308 g/mol. The molecule has 0 saturated heterocycles. The Hall–Kier alpha value is -2.80. The molecule has 1 atom stereocenters. The first-order valence-electron chi connectivity index (χ1n) is 7.99. The topological polar surface area (TPSA) is 105 Å². The van der Waals surface area contributed by atoms with Crippen molar-refractivity contribution >= 4 is 10.9 Å². The van der Waals surface area contributed by atoms with Crippen molar-refractivity contribution in [1.82, 2.24) is 19.9 Å². The summed E-state index contributed by atoms with van der Waals surface area (Å²) in [5.41, 5.74) is 1.96. The highest BCUT2D eigenvalue weighted by Crippen LogP contribution is 2.38. The maximum atomic E-state index is 12.4. The zero-order chi connectivity index (χ0) is 16.8. The van der Waals surface area contributed by atoms with E-state index in [4.69, 9.17) is 0 Å². The van der Waals surface area contributed by atoms with Gasteiger partial charge in [-0.3, -0.25) is 19.7 Å². The third-order valence-corrected chi connectivity index (χ3v) is 4.77. The molecule has 0 aliphatic carbocycles. The number of para-hydroxylation sites is 1. The molecule has 0 radical (unpaired) electrons. The minimum atomic E-state index is -0.711. The van der Waals surface area contributed by atoms with Gasteiger partial charge in [-0.25, -0.2) is 4.79 Å². The van der Waals surface area contributed by atoms with Crippen molar-refractivity contribution in [3.63, 3.8) is 0 Å². The Bertz CT molecular complexity index is 1030. The molecule has 2 aromatic heterocycles. The van der Waals surface area contributed by atoms with Crippen LogP contribution in [0.4, 0.5) is 0 Å². The van der Waals surface area contributed by atoms with E-state index in [9.17, 15) is 14.7 Å². The number of nitrogens with zero attached hydrogens (tertiary/aromatic N) is 1. The summed E-state index contributed by atoms with van der Waals surface area (Å²) in [6.45, 7) is 3.50. The average Bonchev–Trinajstić information content (AvgIpc) is 2.93. The monoisotopic (exact) mass is 326 g/mol. The first-order valence-corrected chi connectivity index (χ1v) is 7.99. The standard InChI is InChI=1S/C17H18N4O3/c1-2-21-8-7-10-9-5-3-4-6-11(9)18-13(10)14(21)12-15(22)19-17(24)20-16(12)23/h3-6,14,18H,2,7-8H2,1H3,(H3,19,20,22,23,24)/t14-/m1/s1. The second-order valence-electron chi connectivity index (χ2n) is 6.01. The SMILES string of the molecule is CCN1CCc2c([nH]c3ccccc23)[C@H]1c1c(O)[nH]c(=O)[nH]c1=O. The van der Waals surface area contributed by atoms with Crippen LogP contribution in [0.2, 0.25) is 0 Å². The maximum Gasteiger partial charge on any atom is 0.328 e. The number of nitrogens with one attached hydrogen (secondary N) is 3. The number of aromatic hydroxyl groups is 1. The third kappa shape index (κ3) is 2.09. The second kappa shape index (κ2) is 5.38. The normalized spacial score (nSPS) is 18.0. The molecule has 4 rings (SSSR count). The number of H-pyrrole nitrogens is 3. The molecule has 124 valence electrons. The Morgan fingerprint density at radius 1 is 1.21 bits per heavy atom. The molecule has 1 aliphatic heterocycles. The highest BCUT2D eigenvalue weighted by atomic mass is 16.3. The number of fused-ring (bicyclic) bond motifs is 3. The predicted octanol–water partition coefficient (Wildman–Crippen LogP) is 1.22. The van der Waals surface area contributed by atoms with E-state index < -0.39 is 17.3 Å². The number of hydrogen-bond acceptors (Lipinski definition) is 4. The van der Waals surface area contributed by atoms with Crippen LogP contribution in [-0.4, -0.2) is 38.0 Å². The van der Waals surface area contributed by atoms with Gasteiger partial charge in [-0.1, -0.05) is 25.1 Å². The van der Waals surface area contributed by atoms with E-state index in [1.54, 1.807) is 0 Å². The summed E-state index contributed by atoms with van der Waals surface area (Å²) >= 11 is 0. The molecule has 0 fully saturated rings. The van der Waals surface area contributed by atoms with E-state index in [-0.39, 0.29) is 11.4 Å². The number of likely N-dealkylation sites (N-methyl/N-ethyl adjacent to an activating group) is 1. The van der Waals surface area contributed by atoms with Crippen LogP contribution in [0.1, 0.15) is 29.8 Å². The van der Waals surface area contributed by atoms with E-state index in [1.165, 1.54) is 0 Å². The minimum Gasteiger partial charge on any atom is -0.494 e. The van der Waals surface area contributed by atoms with Gasteiger partial charge in [-0.05, 0) is 24.6 Å². The van der Waals surface area contributed by atoms with Crippen LogP contribution in [0, 0.1) is 0 Å². The lowest BCUT2D eigenvalue weighted by atomic mass is 9.93. The smallest absolute Gasteiger partial charge is 0.328 e. The summed E-state index contributed by atoms with van der Waals surface area (Å²) in [6.07, 6.45) is 0.867. The summed E-state index contributed by atoms with van der Waals surface area (Å²) in [5, 5.41) is 11.4. The predicted molar refractivity (Wildman–Crippen MR) is 90.4 cm³/mol. The zero-order valence-corrected chi connectivity index (χ0v) is 13.2. The van der Waals surface area contributed by atoms with Crippen molar-refractivity contribution in [2.24, 2.45) is 0 Å². The lowest BCUT2D eigenvalue weighted by Gasteiger charge is -2.34. The molecule has 3 aromatic rings. The quantitative estimate of drug-likeness (QED) is 0.568. The van der Waals surface area contributed by atoms with Crippen molar-refractivity contribution in [3.8, 4) is 5.88 Å². The number of aromatic amines is 3. The van der Waals surface area contributed by atoms with E-state index in [2.05, 4.69) is 25.9 Å². The van der Waals surface area contributed by atoms with E-state index in [1.807, 2.05) is 25.1 Å². The van der Waals surface area contributed by atoms with Crippen molar-refractivity contribution in [3.05, 3.63) is 61.9 Å². The van der Waals surface area contributed by atoms with Gasteiger partial charge in [0.05, 0.1) is 6.04 Å². The molecule has 7 heteroatoms. The van der Waals surface area contributed by atoms with Crippen LogP contribution in [0.5, 0.6) is 5.88 Å². The lowest BCUT2D eigenvalue weighted by Crippen LogP contribution is -2.40. The number of benzene rings is 1. The summed E-state index contributed by atoms with van der Waals surface area (Å²) in [4.78, 5) is 33.8. The fourth-order valence-electron chi connectivity index (χ4n) is 3.70. The first-order chi connectivity index (χ1) is 11.6. The summed E-state index contributed by atoms with van der Waals surface area (Å²) in [6, 6.07) is 7.58. The van der Waals surface area contributed by atoms with Crippen molar-refractivity contribution < 1.29 is 5.11 Å². The maximum absolute atomic E-state index is 12.4. The Kier molecular flexibility index (Phi) is 3.31. The Labute approximate surface area is 137 Å². The molecule has 1 aromatic carbocycles. The molecule has 0 amide bonds. The Balaban J connectivity index is 2.01. The van der Waals surface area contributed by atoms with E-state index >= 15 is 0 Å². The van der Waals surface area contributed by atoms with Gasteiger partial charge in [0.2, 0.25) is 5.88 Å². The van der Waals surface area contributed by atoms with Crippen molar-refractivity contribution in [1.29, 1.82) is 0 Å². The third-order valence-electron chi connectivity index (χ3n) is 4.77. The van der Waals surface area contributed by atoms with Gasteiger partial charge in [0, 0.05) is 23.1 Å². The van der Waals surface area contributed by atoms with Crippen LogP contribution in [0.25, 0.3) is 10.9 Å². The fourth-order valence-corrected chi connectivity index (χ4v) is 3.70. The van der Waals surface area contributed by atoms with Crippen LogP contribution < -0.4 is 11.2 Å². The highest BCUT2D eigenvalue weighted by molar-refractivity contribution is 5.85. The average molecular weight is 326 g/mol. The molecule has 0 saturated carbocycles. The number of aromatic nitrogens is 3. The minimum absolute atomic E-state index is 0.170. The molecule has 0 bridgehead atoms. The van der Waals surface area contributed by atoms with Crippen molar-refractivity contribution in [2.75, 3.05) is 13.1 Å². The van der Waals surface area contributed by atoms with Crippen molar-refractivity contribution in [2.45, 2.75) is 19.4 Å².